The molecule has 0 aliphatic heterocycles. The summed E-state index contributed by atoms with van der Waals surface area (Å²) in [7, 11) is 3.62. The summed E-state index contributed by atoms with van der Waals surface area (Å²) in [6.45, 7) is 2.52. The Morgan fingerprint density at radius 3 is 2.84 bits per heavy atom. The van der Waals surface area contributed by atoms with Crippen LogP contribution in [0, 0.1) is 12.7 Å². The highest BCUT2D eigenvalue weighted by Gasteiger charge is 2.16. The summed E-state index contributed by atoms with van der Waals surface area (Å²) in [5.74, 6) is 0.320. The molecule has 0 atom stereocenters. The molecule has 0 spiro atoms. The SMILES string of the molecule is CNCc1c(C)nn(C)c1Oc1ccc(Br)cc1F. The molecule has 1 N–H and O–H groups in total. The quantitative estimate of drug-likeness (QED) is 0.937. The van der Waals surface area contributed by atoms with Gasteiger partial charge >= 0.3 is 0 Å². The lowest BCUT2D eigenvalue weighted by atomic mass is 10.2. The van der Waals surface area contributed by atoms with Gasteiger partial charge in [0.2, 0.25) is 5.88 Å². The van der Waals surface area contributed by atoms with Crippen LogP contribution in [0.4, 0.5) is 4.39 Å². The molecule has 1 aromatic carbocycles. The van der Waals surface area contributed by atoms with E-state index in [9.17, 15) is 4.39 Å². The Morgan fingerprint density at radius 1 is 1.47 bits per heavy atom. The van der Waals surface area contributed by atoms with Crippen LogP contribution in [-0.2, 0) is 13.6 Å². The van der Waals surface area contributed by atoms with E-state index in [0.717, 1.165) is 11.3 Å². The van der Waals surface area contributed by atoms with Crippen molar-refractivity contribution >= 4 is 15.9 Å². The van der Waals surface area contributed by atoms with Crippen molar-refractivity contribution in [1.82, 2.24) is 15.1 Å². The first-order valence-electron chi connectivity index (χ1n) is 5.83. The molecule has 0 saturated heterocycles. The standard InChI is InChI=1S/C13H15BrFN3O/c1-8-10(7-16-2)13(18(3)17-8)19-12-5-4-9(14)6-11(12)15/h4-6,16H,7H2,1-3H3. The Morgan fingerprint density at radius 2 is 2.21 bits per heavy atom. The van der Waals surface area contributed by atoms with Crippen LogP contribution in [0.2, 0.25) is 0 Å². The number of rotatable bonds is 4. The Balaban J connectivity index is 2.37. The maximum Gasteiger partial charge on any atom is 0.222 e. The molecule has 0 amide bonds. The average Bonchev–Trinajstić information content (AvgIpc) is 2.60. The van der Waals surface area contributed by atoms with Gasteiger partial charge in [0.1, 0.15) is 0 Å². The molecule has 2 aromatic rings. The monoisotopic (exact) mass is 327 g/mol. The topological polar surface area (TPSA) is 39.1 Å². The number of nitrogens with zero attached hydrogens (tertiary/aromatic N) is 2. The first-order valence-corrected chi connectivity index (χ1v) is 6.62. The minimum Gasteiger partial charge on any atom is -0.436 e. The van der Waals surface area contributed by atoms with Gasteiger partial charge in [-0.05, 0) is 32.2 Å². The zero-order chi connectivity index (χ0) is 14.0. The molecular weight excluding hydrogens is 313 g/mol. The maximum absolute atomic E-state index is 13.8. The highest BCUT2D eigenvalue weighted by molar-refractivity contribution is 9.10. The number of aromatic nitrogens is 2. The van der Waals surface area contributed by atoms with E-state index in [2.05, 4.69) is 26.3 Å². The third-order valence-corrected chi connectivity index (χ3v) is 3.24. The van der Waals surface area contributed by atoms with Crippen LogP contribution in [0.3, 0.4) is 0 Å². The molecule has 102 valence electrons. The molecule has 19 heavy (non-hydrogen) atoms. The van der Waals surface area contributed by atoms with Crippen LogP contribution < -0.4 is 10.1 Å². The molecule has 6 heteroatoms. The molecule has 1 heterocycles. The van der Waals surface area contributed by atoms with Gasteiger partial charge in [-0.3, -0.25) is 0 Å². The van der Waals surface area contributed by atoms with E-state index in [-0.39, 0.29) is 5.75 Å². The molecule has 2 rings (SSSR count). The Bertz CT molecular complexity index is 598. The molecular formula is C13H15BrFN3O. The number of benzene rings is 1. The van der Waals surface area contributed by atoms with Crippen LogP contribution in [-0.4, -0.2) is 16.8 Å². The lowest BCUT2D eigenvalue weighted by Crippen LogP contribution is -2.07. The lowest BCUT2D eigenvalue weighted by Gasteiger charge is -2.09. The van der Waals surface area contributed by atoms with E-state index in [1.807, 2.05) is 14.0 Å². The van der Waals surface area contributed by atoms with Gasteiger partial charge in [-0.15, -0.1) is 0 Å². The second-order valence-corrected chi connectivity index (χ2v) is 5.12. The van der Waals surface area contributed by atoms with Gasteiger partial charge in [0, 0.05) is 18.1 Å². The molecule has 0 fully saturated rings. The summed E-state index contributed by atoms with van der Waals surface area (Å²) in [5, 5.41) is 7.35. The third-order valence-electron chi connectivity index (χ3n) is 2.74. The van der Waals surface area contributed by atoms with Gasteiger partial charge in [-0.25, -0.2) is 9.07 Å². The van der Waals surface area contributed by atoms with Crippen LogP contribution in [0.5, 0.6) is 11.6 Å². The van der Waals surface area contributed by atoms with E-state index in [4.69, 9.17) is 4.74 Å². The summed E-state index contributed by atoms with van der Waals surface area (Å²) in [6.07, 6.45) is 0. The fraction of sp³-hybridized carbons (Fsp3) is 0.308. The first kappa shape index (κ1) is 14.0. The van der Waals surface area contributed by atoms with E-state index in [0.29, 0.717) is 16.9 Å². The number of hydrogen-bond acceptors (Lipinski definition) is 3. The van der Waals surface area contributed by atoms with Gasteiger partial charge in [-0.2, -0.15) is 5.10 Å². The van der Waals surface area contributed by atoms with Crippen LogP contribution >= 0.6 is 15.9 Å². The maximum atomic E-state index is 13.8. The van der Waals surface area contributed by atoms with Gasteiger partial charge in [0.05, 0.1) is 11.3 Å². The van der Waals surface area contributed by atoms with Crippen molar-refractivity contribution < 1.29 is 9.13 Å². The molecule has 0 aliphatic carbocycles. The van der Waals surface area contributed by atoms with Gasteiger partial charge < -0.3 is 10.1 Å². The van der Waals surface area contributed by atoms with E-state index in [1.165, 1.54) is 6.07 Å². The second kappa shape index (κ2) is 5.71. The van der Waals surface area contributed by atoms with Crippen LogP contribution in [0.15, 0.2) is 22.7 Å². The number of ether oxygens (including phenoxy) is 1. The summed E-state index contributed by atoms with van der Waals surface area (Å²) >= 11 is 3.22. The second-order valence-electron chi connectivity index (χ2n) is 4.20. The normalized spacial score (nSPS) is 10.8. The van der Waals surface area contributed by atoms with Crippen molar-refractivity contribution in [3.05, 3.63) is 39.7 Å². The first-order chi connectivity index (χ1) is 9.02. The number of aryl methyl sites for hydroxylation is 2. The average molecular weight is 328 g/mol. The minimum absolute atomic E-state index is 0.184. The highest BCUT2D eigenvalue weighted by Crippen LogP contribution is 2.30. The molecule has 0 bridgehead atoms. The van der Waals surface area contributed by atoms with Crippen molar-refractivity contribution in [1.29, 1.82) is 0 Å². The van der Waals surface area contributed by atoms with Gasteiger partial charge in [0.15, 0.2) is 11.6 Å². The summed E-state index contributed by atoms with van der Waals surface area (Å²) in [5.41, 5.74) is 1.79. The summed E-state index contributed by atoms with van der Waals surface area (Å²) in [6, 6.07) is 4.70. The van der Waals surface area contributed by atoms with E-state index < -0.39 is 5.82 Å². The van der Waals surface area contributed by atoms with Gasteiger partial charge in [-0.1, -0.05) is 15.9 Å². The summed E-state index contributed by atoms with van der Waals surface area (Å²) < 4.78 is 21.7. The largest absolute Gasteiger partial charge is 0.436 e. The Hall–Kier alpha value is -1.40. The molecule has 0 unspecified atom stereocenters. The molecule has 0 radical (unpaired) electrons. The lowest BCUT2D eigenvalue weighted by molar-refractivity contribution is 0.398. The van der Waals surface area contributed by atoms with Crippen molar-refractivity contribution in [2.75, 3.05) is 7.05 Å². The fourth-order valence-corrected chi connectivity index (χ4v) is 2.18. The van der Waals surface area contributed by atoms with Crippen LogP contribution in [0.25, 0.3) is 0 Å². The van der Waals surface area contributed by atoms with Crippen molar-refractivity contribution in [2.45, 2.75) is 13.5 Å². The molecule has 1 aromatic heterocycles. The van der Waals surface area contributed by atoms with E-state index >= 15 is 0 Å². The Labute approximate surface area is 119 Å². The number of halogens is 2. The molecule has 0 saturated carbocycles. The van der Waals surface area contributed by atoms with Crippen molar-refractivity contribution in [3.8, 4) is 11.6 Å². The van der Waals surface area contributed by atoms with Crippen LogP contribution in [0.1, 0.15) is 11.3 Å². The fourth-order valence-electron chi connectivity index (χ4n) is 1.85. The minimum atomic E-state index is -0.413. The Kier molecular flexibility index (Phi) is 4.21. The highest BCUT2D eigenvalue weighted by atomic mass is 79.9. The van der Waals surface area contributed by atoms with Gasteiger partial charge in [0.25, 0.3) is 0 Å². The number of hydrogen-bond donors (Lipinski definition) is 1. The third kappa shape index (κ3) is 2.96. The number of nitrogens with one attached hydrogen (secondary N) is 1. The van der Waals surface area contributed by atoms with E-state index in [1.54, 1.807) is 23.9 Å². The van der Waals surface area contributed by atoms with Crippen molar-refractivity contribution in [2.24, 2.45) is 7.05 Å². The summed E-state index contributed by atoms with van der Waals surface area (Å²) in [4.78, 5) is 0. The van der Waals surface area contributed by atoms with Crippen molar-refractivity contribution in [3.63, 3.8) is 0 Å². The molecule has 4 nitrogen and oxygen atoms in total. The zero-order valence-electron chi connectivity index (χ0n) is 11.0. The smallest absolute Gasteiger partial charge is 0.222 e. The predicted octanol–water partition coefficient (Wildman–Crippen LogP) is 3.14. The molecule has 0 aliphatic rings. The zero-order valence-corrected chi connectivity index (χ0v) is 12.6. The predicted molar refractivity (Wildman–Crippen MR) is 74.9 cm³/mol.